The van der Waals surface area contributed by atoms with Crippen molar-refractivity contribution in [2.75, 3.05) is 19.7 Å². The number of aliphatic hydroxyl groups excluding tert-OH is 1. The lowest BCUT2D eigenvalue weighted by atomic mass is 10.1. The maximum Gasteiger partial charge on any atom is 0.260 e. The number of likely N-dealkylation sites (tertiary alicyclic amines) is 1. The highest BCUT2D eigenvalue weighted by Crippen LogP contribution is 2.13. The van der Waals surface area contributed by atoms with E-state index in [1.165, 1.54) is 0 Å². The number of benzene rings is 1. The Morgan fingerprint density at radius 2 is 2.00 bits per heavy atom. The van der Waals surface area contributed by atoms with Gasteiger partial charge in [-0.2, -0.15) is 5.26 Å². The molecule has 1 amide bonds. The zero-order valence-corrected chi connectivity index (χ0v) is 10.6. The van der Waals surface area contributed by atoms with Crippen LogP contribution in [-0.2, 0) is 4.79 Å². The van der Waals surface area contributed by atoms with Crippen LogP contribution in [-0.4, -0.2) is 41.7 Å². The Balaban J connectivity index is 1.81. The van der Waals surface area contributed by atoms with Crippen LogP contribution in [0, 0.1) is 11.3 Å². The van der Waals surface area contributed by atoms with Gasteiger partial charge in [0.1, 0.15) is 5.75 Å². The van der Waals surface area contributed by atoms with E-state index in [0.717, 1.165) is 0 Å². The van der Waals surface area contributed by atoms with Crippen LogP contribution in [0.1, 0.15) is 18.4 Å². The van der Waals surface area contributed by atoms with E-state index in [0.29, 0.717) is 37.2 Å². The molecule has 1 heterocycles. The van der Waals surface area contributed by atoms with Gasteiger partial charge in [-0.05, 0) is 37.1 Å². The molecule has 0 spiro atoms. The van der Waals surface area contributed by atoms with Gasteiger partial charge < -0.3 is 14.7 Å². The average Bonchev–Trinajstić information content (AvgIpc) is 2.46. The molecule has 100 valence electrons. The third-order valence-electron chi connectivity index (χ3n) is 3.16. The van der Waals surface area contributed by atoms with E-state index in [9.17, 15) is 9.90 Å². The van der Waals surface area contributed by atoms with Crippen LogP contribution in [0.4, 0.5) is 0 Å². The Bertz CT molecular complexity index is 470. The maximum absolute atomic E-state index is 11.9. The summed E-state index contributed by atoms with van der Waals surface area (Å²) in [6.45, 7) is 1.15. The number of nitriles is 1. The minimum absolute atomic E-state index is 0.0119. The average molecular weight is 260 g/mol. The van der Waals surface area contributed by atoms with Crippen LogP contribution < -0.4 is 4.74 Å². The first-order valence-corrected chi connectivity index (χ1v) is 6.28. The summed E-state index contributed by atoms with van der Waals surface area (Å²) in [6.07, 6.45) is 0.967. The second-order valence-corrected chi connectivity index (χ2v) is 4.54. The van der Waals surface area contributed by atoms with Crippen molar-refractivity contribution < 1.29 is 14.6 Å². The second-order valence-electron chi connectivity index (χ2n) is 4.54. The first kappa shape index (κ1) is 13.4. The maximum atomic E-state index is 11.9. The molecule has 1 aliphatic rings. The molecule has 1 aromatic carbocycles. The van der Waals surface area contributed by atoms with Crippen molar-refractivity contribution in [1.82, 2.24) is 4.90 Å². The molecule has 0 aromatic heterocycles. The Morgan fingerprint density at radius 3 is 2.58 bits per heavy atom. The molecule has 1 fully saturated rings. The summed E-state index contributed by atoms with van der Waals surface area (Å²) in [5, 5.41) is 18.0. The van der Waals surface area contributed by atoms with Crippen LogP contribution in [0.15, 0.2) is 24.3 Å². The number of ether oxygens (including phenoxy) is 1. The highest BCUT2D eigenvalue weighted by molar-refractivity contribution is 5.77. The van der Waals surface area contributed by atoms with Crippen LogP contribution in [0.2, 0.25) is 0 Å². The SMILES string of the molecule is N#Cc1ccc(OCC(=O)N2CCC(O)CC2)cc1. The number of carbonyl (C=O) groups is 1. The van der Waals surface area contributed by atoms with Crippen LogP contribution in [0.3, 0.4) is 0 Å². The van der Waals surface area contributed by atoms with Crippen molar-refractivity contribution in [3.05, 3.63) is 29.8 Å². The number of aliphatic hydroxyl groups is 1. The minimum Gasteiger partial charge on any atom is -0.484 e. The van der Waals surface area contributed by atoms with Gasteiger partial charge in [-0.3, -0.25) is 4.79 Å². The van der Waals surface area contributed by atoms with E-state index < -0.39 is 0 Å². The molecule has 0 aliphatic carbocycles. The van der Waals surface area contributed by atoms with Gasteiger partial charge in [0.15, 0.2) is 6.61 Å². The van der Waals surface area contributed by atoms with E-state index in [1.807, 2.05) is 6.07 Å². The molecule has 0 atom stereocenters. The lowest BCUT2D eigenvalue weighted by Crippen LogP contribution is -2.42. The highest BCUT2D eigenvalue weighted by atomic mass is 16.5. The van der Waals surface area contributed by atoms with Gasteiger partial charge in [0.05, 0.1) is 17.7 Å². The molecule has 19 heavy (non-hydrogen) atoms. The predicted molar refractivity (Wildman–Crippen MR) is 68.5 cm³/mol. The molecule has 1 N–H and O–H groups in total. The lowest BCUT2D eigenvalue weighted by Gasteiger charge is -2.29. The normalized spacial score (nSPS) is 15.9. The monoisotopic (exact) mass is 260 g/mol. The third-order valence-corrected chi connectivity index (χ3v) is 3.16. The number of nitrogens with zero attached hydrogens (tertiary/aromatic N) is 2. The highest BCUT2D eigenvalue weighted by Gasteiger charge is 2.21. The topological polar surface area (TPSA) is 73.6 Å². The molecule has 1 saturated heterocycles. The molecule has 0 unspecified atom stereocenters. The van der Waals surface area contributed by atoms with Crippen molar-refractivity contribution in [1.29, 1.82) is 5.26 Å². The molecular weight excluding hydrogens is 244 g/mol. The van der Waals surface area contributed by atoms with Crippen LogP contribution >= 0.6 is 0 Å². The summed E-state index contributed by atoms with van der Waals surface area (Å²) in [4.78, 5) is 13.6. The summed E-state index contributed by atoms with van der Waals surface area (Å²) in [6, 6.07) is 8.67. The molecule has 1 aliphatic heterocycles. The van der Waals surface area contributed by atoms with E-state index in [-0.39, 0.29) is 18.6 Å². The van der Waals surface area contributed by atoms with Gasteiger partial charge in [0.2, 0.25) is 0 Å². The summed E-state index contributed by atoms with van der Waals surface area (Å²) >= 11 is 0. The van der Waals surface area contributed by atoms with Gasteiger partial charge in [-0.15, -0.1) is 0 Å². The van der Waals surface area contributed by atoms with Gasteiger partial charge >= 0.3 is 0 Å². The number of amides is 1. The van der Waals surface area contributed by atoms with E-state index >= 15 is 0 Å². The fraction of sp³-hybridized carbons (Fsp3) is 0.429. The molecule has 5 nitrogen and oxygen atoms in total. The Morgan fingerprint density at radius 1 is 1.37 bits per heavy atom. The lowest BCUT2D eigenvalue weighted by molar-refractivity contribution is -0.135. The van der Waals surface area contributed by atoms with Gasteiger partial charge in [0.25, 0.3) is 5.91 Å². The quantitative estimate of drug-likeness (QED) is 0.877. The predicted octanol–water partition coefficient (Wildman–Crippen LogP) is 0.920. The van der Waals surface area contributed by atoms with Crippen molar-refractivity contribution in [3.8, 4) is 11.8 Å². The first-order chi connectivity index (χ1) is 9.19. The van der Waals surface area contributed by atoms with Crippen LogP contribution in [0.5, 0.6) is 5.75 Å². The fourth-order valence-electron chi connectivity index (χ4n) is 1.98. The van der Waals surface area contributed by atoms with Crippen molar-refractivity contribution >= 4 is 5.91 Å². The fourth-order valence-corrected chi connectivity index (χ4v) is 1.98. The Kier molecular flexibility index (Phi) is 4.37. The van der Waals surface area contributed by atoms with E-state index in [2.05, 4.69) is 0 Å². The summed E-state index contributed by atoms with van der Waals surface area (Å²) in [5.74, 6) is 0.501. The van der Waals surface area contributed by atoms with Crippen LogP contribution in [0.25, 0.3) is 0 Å². The Labute approximate surface area is 112 Å². The van der Waals surface area contributed by atoms with Crippen molar-refractivity contribution in [2.45, 2.75) is 18.9 Å². The zero-order valence-electron chi connectivity index (χ0n) is 10.6. The van der Waals surface area contributed by atoms with Gasteiger partial charge in [-0.1, -0.05) is 0 Å². The minimum atomic E-state index is -0.288. The van der Waals surface area contributed by atoms with E-state index in [1.54, 1.807) is 29.2 Å². The number of piperidine rings is 1. The second kappa shape index (κ2) is 6.21. The Hall–Kier alpha value is -2.06. The number of hydrogen-bond acceptors (Lipinski definition) is 4. The largest absolute Gasteiger partial charge is 0.484 e. The van der Waals surface area contributed by atoms with Gasteiger partial charge in [0, 0.05) is 13.1 Å². The smallest absolute Gasteiger partial charge is 0.260 e. The summed E-state index contributed by atoms with van der Waals surface area (Å²) in [5.41, 5.74) is 0.559. The molecule has 2 rings (SSSR count). The summed E-state index contributed by atoms with van der Waals surface area (Å²) < 4.78 is 5.38. The van der Waals surface area contributed by atoms with Crippen molar-refractivity contribution in [3.63, 3.8) is 0 Å². The zero-order chi connectivity index (χ0) is 13.7. The molecule has 5 heteroatoms. The molecule has 0 saturated carbocycles. The first-order valence-electron chi connectivity index (χ1n) is 6.28. The third kappa shape index (κ3) is 3.70. The van der Waals surface area contributed by atoms with Crippen molar-refractivity contribution in [2.24, 2.45) is 0 Å². The summed E-state index contributed by atoms with van der Waals surface area (Å²) in [7, 11) is 0. The molecule has 0 radical (unpaired) electrons. The number of rotatable bonds is 3. The number of hydrogen-bond donors (Lipinski definition) is 1. The van der Waals surface area contributed by atoms with Gasteiger partial charge in [-0.25, -0.2) is 0 Å². The molecular formula is C14H16N2O3. The van der Waals surface area contributed by atoms with E-state index in [4.69, 9.17) is 10.00 Å². The molecule has 0 bridgehead atoms. The number of carbonyl (C=O) groups excluding carboxylic acids is 1. The molecule has 1 aromatic rings. The standard InChI is InChI=1S/C14H16N2O3/c15-9-11-1-3-13(4-2-11)19-10-14(18)16-7-5-12(17)6-8-16/h1-4,12,17H,5-8,10H2.